The molecule has 1 heterocycles. The van der Waals surface area contributed by atoms with Gasteiger partial charge in [0, 0.05) is 6.04 Å². The highest BCUT2D eigenvalue weighted by Gasteiger charge is 2.16. The summed E-state index contributed by atoms with van der Waals surface area (Å²) in [7, 11) is 1.39. The van der Waals surface area contributed by atoms with Crippen molar-refractivity contribution in [1.29, 1.82) is 0 Å². The summed E-state index contributed by atoms with van der Waals surface area (Å²) in [5.41, 5.74) is 0.734. The van der Waals surface area contributed by atoms with Crippen molar-refractivity contribution in [2.24, 2.45) is 0 Å². The third-order valence-electron chi connectivity index (χ3n) is 3.03. The van der Waals surface area contributed by atoms with Gasteiger partial charge in [-0.2, -0.15) is 0 Å². The van der Waals surface area contributed by atoms with Crippen LogP contribution < -0.4 is 5.32 Å². The van der Waals surface area contributed by atoms with E-state index in [1.54, 1.807) is 0 Å². The number of methoxy groups -OCH3 is 1. The first-order valence-corrected chi connectivity index (χ1v) is 7.72. The molecule has 0 bridgehead atoms. The van der Waals surface area contributed by atoms with E-state index in [4.69, 9.17) is 4.74 Å². The Labute approximate surface area is 119 Å². The van der Waals surface area contributed by atoms with E-state index in [0.29, 0.717) is 10.9 Å². The van der Waals surface area contributed by atoms with E-state index in [-0.39, 0.29) is 5.97 Å². The van der Waals surface area contributed by atoms with Gasteiger partial charge in [-0.3, -0.25) is 0 Å². The zero-order valence-corrected chi connectivity index (χ0v) is 13.1. The quantitative estimate of drug-likeness (QED) is 0.579. The maximum atomic E-state index is 11.5. The Hall–Kier alpha value is -1.10. The van der Waals surface area contributed by atoms with E-state index in [1.807, 2.05) is 6.92 Å². The molecule has 1 aromatic rings. The normalized spacial score (nSPS) is 12.2. The lowest BCUT2D eigenvalue weighted by atomic mass is 10.1. The molecule has 0 radical (unpaired) electrons. The highest BCUT2D eigenvalue weighted by atomic mass is 32.1. The molecule has 108 valence electrons. The second kappa shape index (κ2) is 8.15. The Kier molecular flexibility index (Phi) is 6.84. The van der Waals surface area contributed by atoms with Crippen LogP contribution in [0.5, 0.6) is 0 Å². The van der Waals surface area contributed by atoms with E-state index in [0.717, 1.165) is 17.2 Å². The number of unbranched alkanes of at least 4 members (excludes halogenated alkanes) is 3. The molecule has 1 rings (SSSR count). The van der Waals surface area contributed by atoms with Crippen molar-refractivity contribution < 1.29 is 9.53 Å². The average molecular weight is 284 g/mol. The minimum absolute atomic E-state index is 0.307. The molecule has 0 aliphatic rings. The van der Waals surface area contributed by atoms with E-state index in [9.17, 15) is 4.79 Å². The summed E-state index contributed by atoms with van der Waals surface area (Å²) in [6.45, 7) is 6.20. The van der Waals surface area contributed by atoms with Crippen LogP contribution in [0.4, 0.5) is 5.13 Å². The van der Waals surface area contributed by atoms with Crippen molar-refractivity contribution in [2.45, 2.75) is 58.9 Å². The Morgan fingerprint density at radius 2 is 2.16 bits per heavy atom. The summed E-state index contributed by atoms with van der Waals surface area (Å²) in [6, 6.07) is 0.382. The predicted molar refractivity (Wildman–Crippen MR) is 80.0 cm³/mol. The van der Waals surface area contributed by atoms with Crippen molar-refractivity contribution in [2.75, 3.05) is 12.4 Å². The predicted octanol–water partition coefficient (Wildman–Crippen LogP) is 4.01. The van der Waals surface area contributed by atoms with Crippen molar-refractivity contribution in [3.8, 4) is 0 Å². The summed E-state index contributed by atoms with van der Waals surface area (Å²) in [5, 5.41) is 4.16. The SMILES string of the molecule is CCCCCCC(C)Nc1nc(C)c(C(=O)OC)s1. The zero-order valence-electron chi connectivity index (χ0n) is 12.3. The van der Waals surface area contributed by atoms with Crippen LogP contribution in [-0.2, 0) is 4.74 Å². The van der Waals surface area contributed by atoms with Gasteiger partial charge < -0.3 is 10.1 Å². The van der Waals surface area contributed by atoms with Crippen LogP contribution in [0.1, 0.15) is 61.3 Å². The van der Waals surface area contributed by atoms with Gasteiger partial charge in [-0.1, -0.05) is 43.9 Å². The number of nitrogens with one attached hydrogen (secondary N) is 1. The van der Waals surface area contributed by atoms with Crippen LogP contribution in [0.3, 0.4) is 0 Å². The topological polar surface area (TPSA) is 51.2 Å². The number of carbonyl (C=O) groups excluding carboxylic acids is 1. The number of anilines is 1. The Morgan fingerprint density at radius 3 is 2.79 bits per heavy atom. The summed E-state index contributed by atoms with van der Waals surface area (Å²) >= 11 is 1.37. The Bertz CT molecular complexity index is 404. The number of aromatic nitrogens is 1. The average Bonchev–Trinajstić information content (AvgIpc) is 2.74. The number of esters is 1. The molecule has 1 aromatic heterocycles. The van der Waals surface area contributed by atoms with Crippen molar-refractivity contribution in [3.63, 3.8) is 0 Å². The van der Waals surface area contributed by atoms with Gasteiger partial charge >= 0.3 is 5.97 Å². The largest absolute Gasteiger partial charge is 0.465 e. The van der Waals surface area contributed by atoms with Gasteiger partial charge in [-0.05, 0) is 20.3 Å². The highest BCUT2D eigenvalue weighted by molar-refractivity contribution is 7.17. The monoisotopic (exact) mass is 284 g/mol. The minimum atomic E-state index is -0.307. The maximum absolute atomic E-state index is 11.5. The van der Waals surface area contributed by atoms with Crippen LogP contribution in [-0.4, -0.2) is 24.1 Å². The molecule has 4 nitrogen and oxygen atoms in total. The fourth-order valence-corrected chi connectivity index (χ4v) is 2.90. The van der Waals surface area contributed by atoms with Gasteiger partial charge in [-0.25, -0.2) is 9.78 Å². The fraction of sp³-hybridized carbons (Fsp3) is 0.714. The first kappa shape index (κ1) is 16.0. The molecule has 5 heteroatoms. The smallest absolute Gasteiger partial charge is 0.350 e. The van der Waals surface area contributed by atoms with Crippen molar-refractivity contribution in [1.82, 2.24) is 4.98 Å². The van der Waals surface area contributed by atoms with Crippen LogP contribution in [0.25, 0.3) is 0 Å². The maximum Gasteiger partial charge on any atom is 0.350 e. The van der Waals surface area contributed by atoms with E-state index < -0.39 is 0 Å². The standard InChI is InChI=1S/C14H24N2O2S/c1-5-6-7-8-9-10(2)15-14-16-11(3)12(19-14)13(17)18-4/h10H,5-9H2,1-4H3,(H,15,16). The fourth-order valence-electron chi connectivity index (χ4n) is 1.90. The third kappa shape index (κ3) is 5.19. The first-order chi connectivity index (χ1) is 9.08. The van der Waals surface area contributed by atoms with Gasteiger partial charge in [0.1, 0.15) is 4.88 Å². The lowest BCUT2D eigenvalue weighted by molar-refractivity contribution is 0.0605. The molecule has 19 heavy (non-hydrogen) atoms. The van der Waals surface area contributed by atoms with E-state index in [1.165, 1.54) is 44.1 Å². The number of thiazole rings is 1. The number of hydrogen-bond donors (Lipinski definition) is 1. The van der Waals surface area contributed by atoms with Crippen molar-refractivity contribution in [3.05, 3.63) is 10.6 Å². The summed E-state index contributed by atoms with van der Waals surface area (Å²) in [4.78, 5) is 16.5. The molecule has 0 spiro atoms. The highest BCUT2D eigenvalue weighted by Crippen LogP contribution is 2.24. The number of nitrogens with zero attached hydrogens (tertiary/aromatic N) is 1. The summed E-state index contributed by atoms with van der Waals surface area (Å²) in [5.74, 6) is -0.307. The number of carbonyl (C=O) groups is 1. The lowest BCUT2D eigenvalue weighted by Crippen LogP contribution is -2.14. The molecule has 1 unspecified atom stereocenters. The van der Waals surface area contributed by atoms with Crippen LogP contribution in [0.15, 0.2) is 0 Å². The molecule has 0 amide bonds. The van der Waals surface area contributed by atoms with Gasteiger partial charge in [0.05, 0.1) is 12.8 Å². The second-order valence-electron chi connectivity index (χ2n) is 4.82. The lowest BCUT2D eigenvalue weighted by Gasteiger charge is -2.12. The molecular formula is C14H24N2O2S. The number of hydrogen-bond acceptors (Lipinski definition) is 5. The third-order valence-corrected chi connectivity index (χ3v) is 4.10. The van der Waals surface area contributed by atoms with Crippen molar-refractivity contribution >= 4 is 22.4 Å². The molecule has 0 saturated heterocycles. The minimum Gasteiger partial charge on any atom is -0.465 e. The molecule has 0 aromatic carbocycles. The summed E-state index contributed by atoms with van der Waals surface area (Å²) < 4.78 is 4.73. The zero-order chi connectivity index (χ0) is 14.3. The molecule has 0 aliphatic heterocycles. The molecule has 1 atom stereocenters. The molecular weight excluding hydrogens is 260 g/mol. The number of ether oxygens (including phenoxy) is 1. The van der Waals surface area contributed by atoms with Gasteiger partial charge in [0.15, 0.2) is 5.13 Å². The van der Waals surface area contributed by atoms with Gasteiger partial charge in [0.25, 0.3) is 0 Å². The van der Waals surface area contributed by atoms with Gasteiger partial charge in [0.2, 0.25) is 0 Å². The van der Waals surface area contributed by atoms with E-state index in [2.05, 4.69) is 24.1 Å². The van der Waals surface area contributed by atoms with Gasteiger partial charge in [-0.15, -0.1) is 0 Å². The van der Waals surface area contributed by atoms with Crippen LogP contribution >= 0.6 is 11.3 Å². The first-order valence-electron chi connectivity index (χ1n) is 6.90. The van der Waals surface area contributed by atoms with Crippen LogP contribution in [0.2, 0.25) is 0 Å². The molecule has 0 aliphatic carbocycles. The molecule has 0 fully saturated rings. The molecule has 0 saturated carbocycles. The molecule has 1 N–H and O–H groups in total. The Morgan fingerprint density at radius 1 is 1.42 bits per heavy atom. The summed E-state index contributed by atoms with van der Waals surface area (Å²) in [6.07, 6.45) is 6.21. The van der Waals surface area contributed by atoms with Crippen LogP contribution in [0, 0.1) is 6.92 Å². The number of aryl methyl sites for hydroxylation is 1. The van der Waals surface area contributed by atoms with E-state index >= 15 is 0 Å². The Balaban J connectivity index is 2.46. The second-order valence-corrected chi connectivity index (χ2v) is 5.82. The number of rotatable bonds is 8.